The first-order valence-electron chi connectivity index (χ1n) is 4.76. The van der Waals surface area contributed by atoms with E-state index in [4.69, 9.17) is 5.26 Å². The van der Waals surface area contributed by atoms with Crippen LogP contribution in [0, 0.1) is 11.3 Å². The normalized spacial score (nSPS) is 11.6. The van der Waals surface area contributed by atoms with Crippen molar-refractivity contribution in [2.45, 2.75) is 23.5 Å². The second kappa shape index (κ2) is 6.13. The highest BCUT2D eigenvalue weighted by atomic mass is 32.2. The van der Waals surface area contributed by atoms with Gasteiger partial charge in [-0.2, -0.15) is 5.26 Å². The van der Waals surface area contributed by atoms with Gasteiger partial charge in [0.1, 0.15) is 6.07 Å². The highest BCUT2D eigenvalue weighted by Crippen LogP contribution is 2.26. The molecule has 1 heterocycles. The fourth-order valence-electron chi connectivity index (χ4n) is 1.15. The van der Waals surface area contributed by atoms with Gasteiger partial charge in [0.2, 0.25) is 0 Å². The fourth-order valence-corrected chi connectivity index (χ4v) is 2.17. The van der Waals surface area contributed by atoms with Crippen molar-refractivity contribution in [1.82, 2.24) is 4.98 Å². The molecule has 0 fully saturated rings. The molecular weight excluding hydrogens is 224 g/mol. The van der Waals surface area contributed by atoms with Crippen LogP contribution in [-0.4, -0.2) is 23.3 Å². The Labute approximate surface area is 98.6 Å². The summed E-state index contributed by atoms with van der Waals surface area (Å²) in [6.07, 6.45) is 1.90. The number of nitrogens with zero attached hydrogens (tertiary/aromatic N) is 2. The first kappa shape index (κ1) is 12.5. The monoisotopic (exact) mass is 236 g/mol. The summed E-state index contributed by atoms with van der Waals surface area (Å²) in [4.78, 5) is 15.8. The van der Waals surface area contributed by atoms with Crippen molar-refractivity contribution in [3.63, 3.8) is 0 Å². The number of ether oxygens (including phenoxy) is 1. The summed E-state index contributed by atoms with van der Waals surface area (Å²) >= 11 is 1.45. The Kier molecular flexibility index (Phi) is 4.80. The van der Waals surface area contributed by atoms with Crippen molar-refractivity contribution in [2.24, 2.45) is 0 Å². The van der Waals surface area contributed by atoms with Crippen LogP contribution in [0.5, 0.6) is 0 Å². The second-order valence-electron chi connectivity index (χ2n) is 3.17. The minimum Gasteiger partial charge on any atom is -0.469 e. The summed E-state index contributed by atoms with van der Waals surface area (Å²) in [6, 6.07) is 5.62. The molecule has 1 atom stereocenters. The molecular formula is C11H12N2O2S. The van der Waals surface area contributed by atoms with Crippen LogP contribution in [0.1, 0.15) is 19.0 Å². The maximum absolute atomic E-state index is 11.1. The molecule has 16 heavy (non-hydrogen) atoms. The lowest BCUT2D eigenvalue weighted by Gasteiger charge is -2.09. The molecule has 1 unspecified atom stereocenters. The Morgan fingerprint density at radius 2 is 2.50 bits per heavy atom. The number of methoxy groups -OCH3 is 1. The van der Waals surface area contributed by atoms with Gasteiger partial charge in [-0.15, -0.1) is 11.8 Å². The van der Waals surface area contributed by atoms with Gasteiger partial charge in [0.05, 0.1) is 13.5 Å². The number of pyridine rings is 1. The van der Waals surface area contributed by atoms with Crippen LogP contribution in [0.4, 0.5) is 0 Å². The van der Waals surface area contributed by atoms with Crippen LogP contribution in [0.25, 0.3) is 0 Å². The van der Waals surface area contributed by atoms with E-state index >= 15 is 0 Å². The number of carbonyl (C=O) groups is 1. The van der Waals surface area contributed by atoms with Gasteiger partial charge in [-0.25, -0.2) is 4.98 Å². The molecule has 4 nitrogen and oxygen atoms in total. The molecule has 0 spiro atoms. The summed E-state index contributed by atoms with van der Waals surface area (Å²) < 4.78 is 4.58. The Hall–Kier alpha value is -1.54. The molecule has 1 rings (SSSR count). The quantitative estimate of drug-likeness (QED) is 0.591. The Morgan fingerprint density at radius 3 is 3.12 bits per heavy atom. The number of carbonyl (C=O) groups excluding carboxylic acids is 1. The first-order valence-corrected chi connectivity index (χ1v) is 5.64. The van der Waals surface area contributed by atoms with Crippen LogP contribution in [-0.2, 0) is 9.53 Å². The second-order valence-corrected chi connectivity index (χ2v) is 4.65. The van der Waals surface area contributed by atoms with Gasteiger partial charge in [0, 0.05) is 16.3 Å². The highest BCUT2D eigenvalue weighted by Gasteiger charge is 2.13. The van der Waals surface area contributed by atoms with Gasteiger partial charge >= 0.3 is 5.97 Å². The van der Waals surface area contributed by atoms with Crippen molar-refractivity contribution < 1.29 is 9.53 Å². The van der Waals surface area contributed by atoms with E-state index in [9.17, 15) is 4.79 Å². The SMILES string of the molecule is COC(=O)CC(C)Sc1cccnc1C#N. The Balaban J connectivity index is 2.66. The van der Waals surface area contributed by atoms with E-state index in [1.807, 2.05) is 19.1 Å². The zero-order chi connectivity index (χ0) is 12.0. The molecule has 0 saturated carbocycles. The minimum atomic E-state index is -0.248. The van der Waals surface area contributed by atoms with Crippen molar-refractivity contribution in [3.05, 3.63) is 24.0 Å². The Bertz CT molecular complexity index is 415. The highest BCUT2D eigenvalue weighted by molar-refractivity contribution is 8.00. The maximum Gasteiger partial charge on any atom is 0.306 e. The lowest BCUT2D eigenvalue weighted by molar-refractivity contribution is -0.140. The summed E-state index contributed by atoms with van der Waals surface area (Å²) in [7, 11) is 1.37. The third-order valence-corrected chi connectivity index (χ3v) is 3.04. The van der Waals surface area contributed by atoms with Gasteiger partial charge in [-0.05, 0) is 12.1 Å². The van der Waals surface area contributed by atoms with E-state index in [1.54, 1.807) is 12.3 Å². The van der Waals surface area contributed by atoms with E-state index < -0.39 is 0 Å². The summed E-state index contributed by atoms with van der Waals surface area (Å²) in [5.74, 6) is -0.248. The van der Waals surface area contributed by atoms with Gasteiger partial charge in [0.15, 0.2) is 5.69 Å². The molecule has 0 N–H and O–H groups in total. The molecule has 0 aliphatic heterocycles. The number of esters is 1. The average molecular weight is 236 g/mol. The van der Waals surface area contributed by atoms with Gasteiger partial charge in [0.25, 0.3) is 0 Å². The largest absolute Gasteiger partial charge is 0.469 e. The third-order valence-electron chi connectivity index (χ3n) is 1.89. The van der Waals surface area contributed by atoms with Crippen molar-refractivity contribution in [1.29, 1.82) is 5.26 Å². The molecule has 84 valence electrons. The molecule has 0 radical (unpaired) electrons. The Morgan fingerprint density at radius 1 is 1.75 bits per heavy atom. The van der Waals surface area contributed by atoms with Crippen LogP contribution >= 0.6 is 11.8 Å². The number of hydrogen-bond donors (Lipinski definition) is 0. The van der Waals surface area contributed by atoms with Crippen molar-refractivity contribution in [3.8, 4) is 6.07 Å². The topological polar surface area (TPSA) is 63.0 Å². The van der Waals surface area contributed by atoms with Gasteiger partial charge < -0.3 is 4.74 Å². The predicted octanol–water partition coefficient (Wildman–Crippen LogP) is 2.00. The lowest BCUT2D eigenvalue weighted by atomic mass is 10.3. The third kappa shape index (κ3) is 3.55. The number of nitriles is 1. The molecule has 1 aromatic rings. The maximum atomic E-state index is 11.1. The van der Waals surface area contributed by atoms with Gasteiger partial charge in [-0.1, -0.05) is 6.92 Å². The van der Waals surface area contributed by atoms with E-state index in [0.717, 1.165) is 4.90 Å². The summed E-state index contributed by atoms with van der Waals surface area (Å²) in [5, 5.41) is 8.90. The summed E-state index contributed by atoms with van der Waals surface area (Å²) in [5.41, 5.74) is 0.393. The number of aromatic nitrogens is 1. The molecule has 1 aromatic heterocycles. The number of thioether (sulfide) groups is 1. The molecule has 0 aromatic carbocycles. The number of rotatable bonds is 4. The van der Waals surface area contributed by atoms with Crippen LogP contribution < -0.4 is 0 Å². The molecule has 0 aliphatic carbocycles. The zero-order valence-corrected chi connectivity index (χ0v) is 9.95. The van der Waals surface area contributed by atoms with E-state index in [1.165, 1.54) is 18.9 Å². The smallest absolute Gasteiger partial charge is 0.306 e. The van der Waals surface area contributed by atoms with Gasteiger partial charge in [-0.3, -0.25) is 4.79 Å². The lowest BCUT2D eigenvalue weighted by Crippen LogP contribution is -2.08. The van der Waals surface area contributed by atoms with Crippen molar-refractivity contribution in [2.75, 3.05) is 7.11 Å². The fraction of sp³-hybridized carbons (Fsp3) is 0.364. The first-order chi connectivity index (χ1) is 7.67. The molecule has 5 heteroatoms. The van der Waals surface area contributed by atoms with Crippen LogP contribution in [0.3, 0.4) is 0 Å². The molecule has 0 amide bonds. The molecule has 0 aliphatic rings. The van der Waals surface area contributed by atoms with Crippen molar-refractivity contribution >= 4 is 17.7 Å². The minimum absolute atomic E-state index is 0.0590. The predicted molar refractivity (Wildman–Crippen MR) is 60.9 cm³/mol. The summed E-state index contributed by atoms with van der Waals surface area (Å²) in [6.45, 7) is 1.91. The van der Waals surface area contributed by atoms with E-state index in [0.29, 0.717) is 12.1 Å². The average Bonchev–Trinajstić information content (AvgIpc) is 2.29. The standard InChI is InChI=1S/C11H12N2O2S/c1-8(6-11(14)15-2)16-10-4-3-5-13-9(10)7-12/h3-5,8H,6H2,1-2H3. The molecule has 0 saturated heterocycles. The van der Waals surface area contributed by atoms with Crippen LogP contribution in [0.2, 0.25) is 0 Å². The van der Waals surface area contributed by atoms with Crippen LogP contribution in [0.15, 0.2) is 23.2 Å². The molecule has 0 bridgehead atoms. The zero-order valence-electron chi connectivity index (χ0n) is 9.14. The number of hydrogen-bond acceptors (Lipinski definition) is 5. The van der Waals surface area contributed by atoms with E-state index in [-0.39, 0.29) is 11.2 Å². The van der Waals surface area contributed by atoms with E-state index in [2.05, 4.69) is 9.72 Å².